The monoisotopic (exact) mass is 278 g/mol. The Balaban J connectivity index is 1.75. The van der Waals surface area contributed by atoms with Crippen LogP contribution in [0.25, 0.3) is 0 Å². The quantitative estimate of drug-likeness (QED) is 0.638. The van der Waals surface area contributed by atoms with Crippen molar-refractivity contribution in [1.82, 2.24) is 15.5 Å². The van der Waals surface area contributed by atoms with Crippen LogP contribution in [0.15, 0.2) is 27.8 Å². The average molecular weight is 278 g/mol. The lowest BCUT2D eigenvalue weighted by atomic mass is 10.1. The number of furan rings is 1. The predicted octanol–water partition coefficient (Wildman–Crippen LogP) is 0.955. The molecule has 2 N–H and O–H groups in total. The van der Waals surface area contributed by atoms with Crippen LogP contribution in [0.3, 0.4) is 0 Å². The number of nitrogens with one attached hydrogen (secondary N) is 2. The van der Waals surface area contributed by atoms with E-state index in [1.165, 1.54) is 0 Å². The Morgan fingerprint density at radius 3 is 2.80 bits per heavy atom. The van der Waals surface area contributed by atoms with Gasteiger partial charge in [0, 0.05) is 33.1 Å². The number of nitrogens with zero attached hydrogens (tertiary/aromatic N) is 2. The van der Waals surface area contributed by atoms with Gasteiger partial charge in [-0.15, -0.1) is 0 Å². The van der Waals surface area contributed by atoms with Crippen LogP contribution in [0.4, 0.5) is 0 Å². The van der Waals surface area contributed by atoms with E-state index in [1.54, 1.807) is 20.2 Å². The number of carbonyl (C=O) groups is 1. The summed E-state index contributed by atoms with van der Waals surface area (Å²) >= 11 is 0. The predicted molar refractivity (Wildman–Crippen MR) is 77.3 cm³/mol. The second-order valence-electron chi connectivity index (χ2n) is 4.93. The first-order chi connectivity index (χ1) is 9.69. The lowest BCUT2D eigenvalue weighted by Crippen LogP contribution is -2.49. The first kappa shape index (κ1) is 14.4. The van der Waals surface area contributed by atoms with Gasteiger partial charge in [-0.25, -0.2) is 0 Å². The molecule has 1 aliphatic heterocycles. The van der Waals surface area contributed by atoms with E-state index in [9.17, 15) is 4.79 Å². The Bertz CT molecular complexity index is 448. The maximum absolute atomic E-state index is 11.3. The number of hydrogen-bond donors (Lipinski definition) is 2. The number of aliphatic imine (C=N–C) groups is 1. The van der Waals surface area contributed by atoms with Crippen LogP contribution in [0.2, 0.25) is 0 Å². The van der Waals surface area contributed by atoms with Gasteiger partial charge in [-0.05, 0) is 25.0 Å². The van der Waals surface area contributed by atoms with Crippen molar-refractivity contribution in [1.29, 1.82) is 0 Å². The average Bonchev–Trinajstić information content (AvgIpc) is 2.97. The first-order valence-electron chi connectivity index (χ1n) is 6.94. The highest BCUT2D eigenvalue weighted by Crippen LogP contribution is 2.10. The van der Waals surface area contributed by atoms with Gasteiger partial charge in [0.1, 0.15) is 5.76 Å². The van der Waals surface area contributed by atoms with Crippen LogP contribution in [0.5, 0.6) is 0 Å². The molecule has 1 aromatic rings. The van der Waals surface area contributed by atoms with Crippen molar-refractivity contribution in [2.45, 2.75) is 32.4 Å². The van der Waals surface area contributed by atoms with Gasteiger partial charge < -0.3 is 20.0 Å². The van der Waals surface area contributed by atoms with Crippen molar-refractivity contribution >= 4 is 11.9 Å². The Morgan fingerprint density at radius 1 is 1.50 bits per heavy atom. The van der Waals surface area contributed by atoms with Gasteiger partial charge in [0.2, 0.25) is 5.91 Å². The number of amides is 1. The van der Waals surface area contributed by atoms with E-state index in [0.717, 1.165) is 37.7 Å². The topological polar surface area (TPSA) is 69.9 Å². The van der Waals surface area contributed by atoms with Crippen LogP contribution in [0.1, 0.15) is 25.5 Å². The highest BCUT2D eigenvalue weighted by Gasteiger charge is 2.21. The molecule has 6 nitrogen and oxygen atoms in total. The van der Waals surface area contributed by atoms with Crippen molar-refractivity contribution in [3.63, 3.8) is 0 Å². The zero-order valence-electron chi connectivity index (χ0n) is 12.1. The summed E-state index contributed by atoms with van der Waals surface area (Å²) in [5, 5.41) is 6.60. The maximum atomic E-state index is 11.3. The van der Waals surface area contributed by atoms with E-state index in [0.29, 0.717) is 12.6 Å². The normalized spacial score (nSPS) is 17.1. The zero-order chi connectivity index (χ0) is 14.4. The lowest BCUT2D eigenvalue weighted by Gasteiger charge is -2.32. The van der Waals surface area contributed by atoms with E-state index in [4.69, 9.17) is 4.42 Å². The summed E-state index contributed by atoms with van der Waals surface area (Å²) in [5.41, 5.74) is 0. The molecule has 1 aliphatic rings. The molecule has 1 fully saturated rings. The number of carbonyl (C=O) groups excluding carboxylic acids is 1. The summed E-state index contributed by atoms with van der Waals surface area (Å²) in [7, 11) is 1.75. The van der Waals surface area contributed by atoms with Crippen molar-refractivity contribution < 1.29 is 9.21 Å². The van der Waals surface area contributed by atoms with Crippen LogP contribution in [-0.2, 0) is 11.3 Å². The Labute approximate surface area is 119 Å². The van der Waals surface area contributed by atoms with E-state index in [-0.39, 0.29) is 5.91 Å². The Hall–Kier alpha value is -1.98. The molecule has 6 heteroatoms. The largest absolute Gasteiger partial charge is 0.467 e. The van der Waals surface area contributed by atoms with Gasteiger partial charge in [-0.1, -0.05) is 0 Å². The highest BCUT2D eigenvalue weighted by molar-refractivity contribution is 5.80. The second-order valence-corrected chi connectivity index (χ2v) is 4.93. The van der Waals surface area contributed by atoms with Gasteiger partial charge in [-0.2, -0.15) is 0 Å². The van der Waals surface area contributed by atoms with Gasteiger partial charge in [0.15, 0.2) is 5.96 Å². The van der Waals surface area contributed by atoms with Crippen LogP contribution in [-0.4, -0.2) is 42.9 Å². The maximum Gasteiger partial charge on any atom is 0.219 e. The third-order valence-corrected chi connectivity index (χ3v) is 3.51. The molecule has 0 radical (unpaired) electrons. The molecule has 0 spiro atoms. The SMILES string of the molecule is CN=C(NCc1ccco1)NC1CCN(C(C)=O)CC1. The summed E-state index contributed by atoms with van der Waals surface area (Å²) < 4.78 is 5.27. The molecule has 0 aromatic carbocycles. The van der Waals surface area contributed by atoms with Gasteiger partial charge in [0.25, 0.3) is 0 Å². The highest BCUT2D eigenvalue weighted by atomic mass is 16.3. The van der Waals surface area contributed by atoms with Crippen molar-refractivity contribution in [3.05, 3.63) is 24.2 Å². The number of likely N-dealkylation sites (tertiary alicyclic amines) is 1. The van der Waals surface area contributed by atoms with Crippen molar-refractivity contribution in [3.8, 4) is 0 Å². The van der Waals surface area contributed by atoms with Crippen LogP contribution in [0, 0.1) is 0 Å². The van der Waals surface area contributed by atoms with Gasteiger partial charge in [-0.3, -0.25) is 9.79 Å². The fraction of sp³-hybridized carbons (Fsp3) is 0.571. The fourth-order valence-corrected chi connectivity index (χ4v) is 2.31. The summed E-state index contributed by atoms with van der Waals surface area (Å²) in [4.78, 5) is 17.4. The van der Waals surface area contributed by atoms with Crippen LogP contribution >= 0.6 is 0 Å². The summed E-state index contributed by atoms with van der Waals surface area (Å²) in [6, 6.07) is 4.14. The molecule has 2 rings (SSSR count). The molecule has 0 bridgehead atoms. The summed E-state index contributed by atoms with van der Waals surface area (Å²) in [6.45, 7) is 3.85. The number of piperidine rings is 1. The molecule has 2 heterocycles. The third-order valence-electron chi connectivity index (χ3n) is 3.51. The zero-order valence-corrected chi connectivity index (χ0v) is 12.1. The second kappa shape index (κ2) is 6.98. The minimum atomic E-state index is 0.156. The Morgan fingerprint density at radius 2 is 2.25 bits per heavy atom. The van der Waals surface area contributed by atoms with Crippen molar-refractivity contribution in [2.24, 2.45) is 4.99 Å². The Kier molecular flexibility index (Phi) is 5.03. The number of hydrogen-bond acceptors (Lipinski definition) is 3. The number of guanidine groups is 1. The first-order valence-corrected chi connectivity index (χ1v) is 6.94. The van der Waals surface area contributed by atoms with Gasteiger partial charge >= 0.3 is 0 Å². The van der Waals surface area contributed by atoms with Crippen molar-refractivity contribution in [2.75, 3.05) is 20.1 Å². The minimum Gasteiger partial charge on any atom is -0.467 e. The molecule has 0 unspecified atom stereocenters. The van der Waals surface area contributed by atoms with E-state index >= 15 is 0 Å². The molecular formula is C14H22N4O2. The number of rotatable bonds is 3. The van der Waals surface area contributed by atoms with E-state index in [2.05, 4.69) is 15.6 Å². The molecule has 1 aromatic heterocycles. The fourth-order valence-electron chi connectivity index (χ4n) is 2.31. The molecular weight excluding hydrogens is 256 g/mol. The third kappa shape index (κ3) is 4.01. The molecule has 1 saturated heterocycles. The van der Waals surface area contributed by atoms with Gasteiger partial charge in [0.05, 0.1) is 12.8 Å². The standard InChI is InChI=1S/C14H22N4O2/c1-11(19)18-7-5-12(6-8-18)17-14(15-2)16-10-13-4-3-9-20-13/h3-4,9,12H,5-8,10H2,1-2H3,(H2,15,16,17). The smallest absolute Gasteiger partial charge is 0.219 e. The van der Waals surface area contributed by atoms with Crippen LogP contribution < -0.4 is 10.6 Å². The molecule has 0 saturated carbocycles. The minimum absolute atomic E-state index is 0.156. The molecule has 20 heavy (non-hydrogen) atoms. The molecule has 0 atom stereocenters. The molecule has 0 aliphatic carbocycles. The molecule has 1 amide bonds. The lowest BCUT2D eigenvalue weighted by molar-refractivity contribution is -0.129. The summed E-state index contributed by atoms with van der Waals surface area (Å²) in [6.07, 6.45) is 3.55. The molecule has 110 valence electrons. The van der Waals surface area contributed by atoms with E-state index < -0.39 is 0 Å². The summed E-state index contributed by atoms with van der Waals surface area (Å²) in [5.74, 6) is 1.80. The van der Waals surface area contributed by atoms with E-state index in [1.807, 2.05) is 17.0 Å².